The zero-order chi connectivity index (χ0) is 15.7. The number of hydrogen-bond donors (Lipinski definition) is 1. The lowest BCUT2D eigenvalue weighted by atomic mass is 9.74. The zero-order valence-electron chi connectivity index (χ0n) is 14.5. The van der Waals surface area contributed by atoms with E-state index in [0.29, 0.717) is 11.5 Å². The molecule has 0 saturated heterocycles. The lowest BCUT2D eigenvalue weighted by Crippen LogP contribution is -2.47. The van der Waals surface area contributed by atoms with E-state index in [4.69, 9.17) is 4.74 Å². The third kappa shape index (κ3) is 4.23. The van der Waals surface area contributed by atoms with Crippen LogP contribution in [0.5, 0.6) is 5.75 Å². The van der Waals surface area contributed by atoms with E-state index in [0.717, 1.165) is 12.2 Å². The van der Waals surface area contributed by atoms with Gasteiger partial charge in [-0.1, -0.05) is 46.8 Å². The number of ether oxygens (including phenoxy) is 1. The number of hydrogen-bond acceptors (Lipinski definition) is 2. The molecule has 1 aliphatic rings. The van der Waals surface area contributed by atoms with Crippen molar-refractivity contribution in [2.24, 2.45) is 5.41 Å². The molecule has 0 spiro atoms. The molecule has 1 saturated carbocycles. The van der Waals surface area contributed by atoms with E-state index in [1.807, 2.05) is 7.05 Å². The lowest BCUT2D eigenvalue weighted by Gasteiger charge is -2.40. The van der Waals surface area contributed by atoms with Crippen LogP contribution in [0.2, 0.25) is 0 Å². The monoisotopic (exact) mass is 289 g/mol. The number of likely N-dealkylation sites (N-methyl/N-ethyl adjacent to an activating group) is 1. The Kier molecular flexibility index (Phi) is 4.67. The van der Waals surface area contributed by atoms with E-state index in [9.17, 15) is 0 Å². The van der Waals surface area contributed by atoms with Gasteiger partial charge in [-0.25, -0.2) is 0 Å². The quantitative estimate of drug-likeness (QED) is 0.882. The van der Waals surface area contributed by atoms with Crippen molar-refractivity contribution < 1.29 is 4.74 Å². The van der Waals surface area contributed by atoms with Crippen molar-refractivity contribution in [1.82, 2.24) is 5.32 Å². The fourth-order valence-corrected chi connectivity index (χ4v) is 3.19. The first kappa shape index (κ1) is 16.4. The maximum Gasteiger partial charge on any atom is 0.120 e. The Morgan fingerprint density at radius 3 is 2.57 bits per heavy atom. The van der Waals surface area contributed by atoms with Gasteiger partial charge in [0.2, 0.25) is 0 Å². The molecular formula is C19H31NO. The second kappa shape index (κ2) is 6.00. The van der Waals surface area contributed by atoms with E-state index in [1.165, 1.54) is 18.4 Å². The summed E-state index contributed by atoms with van der Waals surface area (Å²) in [5.74, 6) is 1.00. The van der Waals surface area contributed by atoms with Crippen LogP contribution in [-0.2, 0) is 5.41 Å². The van der Waals surface area contributed by atoms with Crippen LogP contribution in [0.4, 0.5) is 0 Å². The molecule has 0 aromatic heterocycles. The second-order valence-corrected chi connectivity index (χ2v) is 8.24. The van der Waals surface area contributed by atoms with Gasteiger partial charge in [-0.05, 0) is 54.8 Å². The van der Waals surface area contributed by atoms with Crippen LogP contribution in [0.25, 0.3) is 0 Å². The van der Waals surface area contributed by atoms with Crippen molar-refractivity contribution in [2.45, 2.75) is 71.4 Å². The van der Waals surface area contributed by atoms with E-state index < -0.39 is 0 Å². The topological polar surface area (TPSA) is 21.3 Å². The predicted molar refractivity (Wildman–Crippen MR) is 90.0 cm³/mol. The van der Waals surface area contributed by atoms with Gasteiger partial charge in [-0.2, -0.15) is 0 Å². The van der Waals surface area contributed by atoms with Crippen molar-refractivity contribution in [3.63, 3.8) is 0 Å². The molecule has 1 aromatic carbocycles. The highest BCUT2D eigenvalue weighted by Crippen LogP contribution is 2.37. The molecule has 21 heavy (non-hydrogen) atoms. The van der Waals surface area contributed by atoms with Gasteiger partial charge in [-0.3, -0.25) is 0 Å². The summed E-state index contributed by atoms with van der Waals surface area (Å²) >= 11 is 0. The maximum absolute atomic E-state index is 6.37. The molecule has 0 aliphatic heterocycles. The summed E-state index contributed by atoms with van der Waals surface area (Å²) in [4.78, 5) is 0. The van der Waals surface area contributed by atoms with Crippen LogP contribution in [0.3, 0.4) is 0 Å². The molecule has 1 aliphatic carbocycles. The minimum atomic E-state index is 0.160. The van der Waals surface area contributed by atoms with Gasteiger partial charge in [0.05, 0.1) is 0 Å². The zero-order valence-corrected chi connectivity index (χ0v) is 14.5. The Morgan fingerprint density at radius 1 is 1.24 bits per heavy atom. The van der Waals surface area contributed by atoms with Gasteiger partial charge in [-0.15, -0.1) is 0 Å². The number of benzene rings is 1. The van der Waals surface area contributed by atoms with Gasteiger partial charge in [0.1, 0.15) is 11.9 Å². The van der Waals surface area contributed by atoms with E-state index >= 15 is 0 Å². The second-order valence-electron chi connectivity index (χ2n) is 8.24. The molecule has 0 amide bonds. The normalized spacial score (nSPS) is 25.6. The Hall–Kier alpha value is -1.02. The Morgan fingerprint density at radius 2 is 1.95 bits per heavy atom. The molecule has 2 unspecified atom stereocenters. The summed E-state index contributed by atoms with van der Waals surface area (Å²) in [5.41, 5.74) is 1.86. The molecule has 1 aromatic rings. The SMILES string of the molecule is CNC1CCC(C)(C)CC1Oc1cccc(C(C)(C)C)c1. The fraction of sp³-hybridized carbons (Fsp3) is 0.684. The van der Waals surface area contributed by atoms with Crippen LogP contribution in [-0.4, -0.2) is 19.2 Å². The van der Waals surface area contributed by atoms with Crippen molar-refractivity contribution >= 4 is 0 Å². The maximum atomic E-state index is 6.37. The third-order valence-electron chi connectivity index (χ3n) is 4.69. The lowest BCUT2D eigenvalue weighted by molar-refractivity contribution is 0.0558. The van der Waals surface area contributed by atoms with Crippen LogP contribution < -0.4 is 10.1 Å². The third-order valence-corrected chi connectivity index (χ3v) is 4.69. The smallest absolute Gasteiger partial charge is 0.120 e. The van der Waals surface area contributed by atoms with Crippen molar-refractivity contribution in [3.05, 3.63) is 29.8 Å². The predicted octanol–water partition coefficient (Wildman–Crippen LogP) is 4.53. The van der Waals surface area contributed by atoms with Crippen LogP contribution in [0.15, 0.2) is 24.3 Å². The van der Waals surface area contributed by atoms with Crippen LogP contribution in [0.1, 0.15) is 59.4 Å². The van der Waals surface area contributed by atoms with Gasteiger partial charge in [0.25, 0.3) is 0 Å². The standard InChI is InChI=1S/C19H31NO/c1-18(2,3)14-8-7-9-15(12-14)21-17-13-19(4,5)11-10-16(17)20-6/h7-9,12,16-17,20H,10-11,13H2,1-6H3. The van der Waals surface area contributed by atoms with Crippen molar-refractivity contribution in [2.75, 3.05) is 7.05 Å². The Bertz CT molecular complexity index is 473. The molecule has 1 fully saturated rings. The average molecular weight is 289 g/mol. The first-order chi connectivity index (χ1) is 9.71. The molecule has 2 atom stereocenters. The molecule has 2 heteroatoms. The molecule has 0 bridgehead atoms. The first-order valence-corrected chi connectivity index (χ1v) is 8.16. The van der Waals surface area contributed by atoms with E-state index in [1.54, 1.807) is 0 Å². The van der Waals surface area contributed by atoms with Crippen molar-refractivity contribution in [1.29, 1.82) is 0 Å². The Labute approximate surface area is 130 Å². The summed E-state index contributed by atoms with van der Waals surface area (Å²) in [7, 11) is 2.05. The van der Waals surface area contributed by atoms with Gasteiger partial charge >= 0.3 is 0 Å². The average Bonchev–Trinajstić information content (AvgIpc) is 2.37. The molecule has 2 nitrogen and oxygen atoms in total. The minimum Gasteiger partial charge on any atom is -0.489 e. The number of rotatable bonds is 3. The van der Waals surface area contributed by atoms with Crippen LogP contribution in [0, 0.1) is 5.41 Å². The molecule has 2 rings (SSSR count). The molecule has 118 valence electrons. The molecule has 0 heterocycles. The molecule has 0 radical (unpaired) electrons. The summed E-state index contributed by atoms with van der Waals surface area (Å²) in [6.45, 7) is 11.4. The summed E-state index contributed by atoms with van der Waals surface area (Å²) in [6.07, 6.45) is 3.82. The molecular weight excluding hydrogens is 258 g/mol. The minimum absolute atomic E-state index is 0.160. The van der Waals surface area contributed by atoms with Crippen molar-refractivity contribution in [3.8, 4) is 5.75 Å². The fourth-order valence-electron chi connectivity index (χ4n) is 3.19. The van der Waals surface area contributed by atoms with Gasteiger partial charge in [0.15, 0.2) is 0 Å². The molecule has 1 N–H and O–H groups in total. The summed E-state index contributed by atoms with van der Waals surface area (Å²) in [6, 6.07) is 9.04. The highest BCUT2D eigenvalue weighted by atomic mass is 16.5. The van der Waals surface area contributed by atoms with Gasteiger partial charge in [0, 0.05) is 6.04 Å². The summed E-state index contributed by atoms with van der Waals surface area (Å²) < 4.78 is 6.37. The Balaban J connectivity index is 2.15. The highest BCUT2D eigenvalue weighted by molar-refractivity contribution is 5.32. The summed E-state index contributed by atoms with van der Waals surface area (Å²) in [5, 5.41) is 3.43. The van der Waals surface area contributed by atoms with Gasteiger partial charge < -0.3 is 10.1 Å². The first-order valence-electron chi connectivity index (χ1n) is 8.16. The number of nitrogens with one attached hydrogen (secondary N) is 1. The van der Waals surface area contributed by atoms with Crippen LogP contribution >= 0.6 is 0 Å². The van der Waals surface area contributed by atoms with E-state index in [2.05, 4.69) is 64.2 Å². The highest BCUT2D eigenvalue weighted by Gasteiger charge is 2.35. The largest absolute Gasteiger partial charge is 0.489 e. The van der Waals surface area contributed by atoms with E-state index in [-0.39, 0.29) is 11.5 Å².